The van der Waals surface area contributed by atoms with Gasteiger partial charge in [-0.25, -0.2) is 0 Å². The number of carboxylic acid groups (broad SMARTS) is 1. The smallest absolute Gasteiger partial charge is 0.323 e. The number of carbonyl (C=O) groups is 1. The van der Waals surface area contributed by atoms with Gasteiger partial charge in [0.2, 0.25) is 0 Å². The average Bonchev–Trinajstić information content (AvgIpc) is 2.26. The second-order valence-corrected chi connectivity index (χ2v) is 6.56. The summed E-state index contributed by atoms with van der Waals surface area (Å²) in [6.45, 7) is 7.37. The normalized spacial score (nSPS) is 18.9. The molecule has 98 valence electrons. The van der Waals surface area contributed by atoms with Gasteiger partial charge in [-0.1, -0.05) is 26.8 Å². The standard InChI is InChI=1S/C14H19NO2S/c1-9(2)11-4-5-12-13(6-11)18-10(3)7-15(12)8-14(16)17/h4-6,9-10H,7-8H2,1-3H3,(H,16,17). The second-order valence-electron chi connectivity index (χ2n) is 5.08. The molecule has 0 aliphatic carbocycles. The highest BCUT2D eigenvalue weighted by Gasteiger charge is 2.24. The number of fused-ring (bicyclic) bond motifs is 1. The Kier molecular flexibility index (Phi) is 3.85. The highest BCUT2D eigenvalue weighted by Crippen LogP contribution is 2.39. The molecule has 0 saturated carbocycles. The third kappa shape index (κ3) is 2.80. The van der Waals surface area contributed by atoms with E-state index in [9.17, 15) is 4.79 Å². The number of aliphatic carboxylic acids is 1. The van der Waals surface area contributed by atoms with Crippen molar-refractivity contribution in [2.75, 3.05) is 18.0 Å². The van der Waals surface area contributed by atoms with Gasteiger partial charge in [-0.15, -0.1) is 11.8 Å². The van der Waals surface area contributed by atoms with Crippen molar-refractivity contribution in [3.63, 3.8) is 0 Å². The van der Waals surface area contributed by atoms with Crippen LogP contribution in [0.1, 0.15) is 32.3 Å². The van der Waals surface area contributed by atoms with Crippen LogP contribution in [0, 0.1) is 0 Å². The van der Waals surface area contributed by atoms with Crippen LogP contribution in [0.2, 0.25) is 0 Å². The molecule has 18 heavy (non-hydrogen) atoms. The number of nitrogens with zero attached hydrogens (tertiary/aromatic N) is 1. The number of benzene rings is 1. The van der Waals surface area contributed by atoms with Crippen LogP contribution in [0.5, 0.6) is 0 Å². The van der Waals surface area contributed by atoms with Gasteiger partial charge in [0.15, 0.2) is 0 Å². The van der Waals surface area contributed by atoms with Gasteiger partial charge in [-0.2, -0.15) is 0 Å². The molecule has 1 unspecified atom stereocenters. The van der Waals surface area contributed by atoms with Crippen molar-refractivity contribution in [2.45, 2.75) is 36.8 Å². The summed E-state index contributed by atoms with van der Waals surface area (Å²) < 4.78 is 0. The molecule has 0 spiro atoms. The van der Waals surface area contributed by atoms with E-state index in [4.69, 9.17) is 5.11 Å². The highest BCUT2D eigenvalue weighted by molar-refractivity contribution is 8.00. The Morgan fingerprint density at radius 2 is 2.28 bits per heavy atom. The summed E-state index contributed by atoms with van der Waals surface area (Å²) in [6.07, 6.45) is 0. The van der Waals surface area contributed by atoms with E-state index in [0.717, 1.165) is 12.2 Å². The van der Waals surface area contributed by atoms with Crippen molar-refractivity contribution in [3.05, 3.63) is 23.8 Å². The number of anilines is 1. The van der Waals surface area contributed by atoms with Gasteiger partial charge >= 0.3 is 5.97 Å². The lowest BCUT2D eigenvalue weighted by atomic mass is 10.0. The van der Waals surface area contributed by atoms with Gasteiger partial charge in [0.05, 0.1) is 5.69 Å². The van der Waals surface area contributed by atoms with E-state index >= 15 is 0 Å². The quantitative estimate of drug-likeness (QED) is 0.911. The first-order valence-corrected chi connectivity index (χ1v) is 7.12. The van der Waals surface area contributed by atoms with E-state index in [1.165, 1.54) is 10.5 Å². The van der Waals surface area contributed by atoms with Crippen molar-refractivity contribution < 1.29 is 9.90 Å². The molecular formula is C14H19NO2S. The summed E-state index contributed by atoms with van der Waals surface area (Å²) in [5.74, 6) is -0.269. The fourth-order valence-corrected chi connectivity index (χ4v) is 3.43. The molecule has 0 saturated heterocycles. The van der Waals surface area contributed by atoms with Crippen LogP contribution in [0.15, 0.2) is 23.1 Å². The lowest BCUT2D eigenvalue weighted by Crippen LogP contribution is -2.37. The van der Waals surface area contributed by atoms with Crippen LogP contribution in [0.3, 0.4) is 0 Å². The third-order valence-corrected chi connectivity index (χ3v) is 4.26. The van der Waals surface area contributed by atoms with Crippen molar-refractivity contribution in [1.29, 1.82) is 0 Å². The van der Waals surface area contributed by atoms with E-state index in [-0.39, 0.29) is 6.54 Å². The molecule has 1 atom stereocenters. The number of thioether (sulfide) groups is 1. The fourth-order valence-electron chi connectivity index (χ4n) is 2.22. The summed E-state index contributed by atoms with van der Waals surface area (Å²) >= 11 is 1.84. The first-order valence-electron chi connectivity index (χ1n) is 6.24. The zero-order valence-corrected chi connectivity index (χ0v) is 11.8. The molecule has 1 aromatic rings. The molecular weight excluding hydrogens is 246 g/mol. The molecule has 1 aliphatic rings. The summed E-state index contributed by atoms with van der Waals surface area (Å²) in [4.78, 5) is 14.1. The van der Waals surface area contributed by atoms with Gasteiger partial charge in [-0.05, 0) is 23.6 Å². The SMILES string of the molecule is CC1CN(CC(=O)O)c2ccc(C(C)C)cc2S1. The van der Waals surface area contributed by atoms with Crippen LogP contribution in [0.4, 0.5) is 5.69 Å². The fraction of sp³-hybridized carbons (Fsp3) is 0.500. The molecule has 2 rings (SSSR count). The van der Waals surface area contributed by atoms with Gasteiger partial charge in [0.25, 0.3) is 0 Å². The number of rotatable bonds is 3. The summed E-state index contributed by atoms with van der Waals surface area (Å²) in [6, 6.07) is 6.37. The lowest BCUT2D eigenvalue weighted by Gasteiger charge is -2.33. The van der Waals surface area contributed by atoms with Crippen LogP contribution in [-0.4, -0.2) is 29.4 Å². The Labute approximate surface area is 112 Å². The summed E-state index contributed by atoms with van der Waals surface area (Å²) in [5, 5.41) is 9.40. The van der Waals surface area contributed by atoms with Gasteiger partial charge in [0, 0.05) is 16.7 Å². The highest BCUT2D eigenvalue weighted by atomic mass is 32.2. The predicted molar refractivity (Wildman–Crippen MR) is 75.7 cm³/mol. The Morgan fingerprint density at radius 3 is 2.89 bits per heavy atom. The molecule has 1 N–H and O–H groups in total. The van der Waals surface area contributed by atoms with Crippen molar-refractivity contribution in [3.8, 4) is 0 Å². The van der Waals surface area contributed by atoms with Crippen LogP contribution >= 0.6 is 11.8 Å². The van der Waals surface area contributed by atoms with Crippen LogP contribution in [0.25, 0.3) is 0 Å². The summed E-state index contributed by atoms with van der Waals surface area (Å²) in [7, 11) is 0. The van der Waals surface area contributed by atoms with E-state index in [1.54, 1.807) is 0 Å². The van der Waals surface area contributed by atoms with Gasteiger partial charge < -0.3 is 10.0 Å². The second kappa shape index (κ2) is 5.22. The molecule has 0 amide bonds. The van der Waals surface area contributed by atoms with Crippen molar-refractivity contribution in [1.82, 2.24) is 0 Å². The number of hydrogen-bond acceptors (Lipinski definition) is 3. The van der Waals surface area contributed by atoms with Crippen LogP contribution in [-0.2, 0) is 4.79 Å². The minimum Gasteiger partial charge on any atom is -0.480 e. The molecule has 3 nitrogen and oxygen atoms in total. The Balaban J connectivity index is 2.34. The molecule has 1 aromatic carbocycles. The van der Waals surface area contributed by atoms with Gasteiger partial charge in [-0.3, -0.25) is 4.79 Å². The average molecular weight is 265 g/mol. The maximum absolute atomic E-state index is 10.9. The topological polar surface area (TPSA) is 40.5 Å². The number of carboxylic acids is 1. The monoisotopic (exact) mass is 265 g/mol. The van der Waals surface area contributed by atoms with Gasteiger partial charge in [0.1, 0.15) is 6.54 Å². The maximum Gasteiger partial charge on any atom is 0.323 e. The van der Waals surface area contributed by atoms with E-state index < -0.39 is 5.97 Å². The Bertz CT molecular complexity index is 459. The summed E-state index contributed by atoms with van der Waals surface area (Å²) in [5.41, 5.74) is 2.37. The van der Waals surface area contributed by atoms with Crippen LogP contribution < -0.4 is 4.90 Å². The lowest BCUT2D eigenvalue weighted by molar-refractivity contribution is -0.135. The predicted octanol–water partition coefficient (Wildman–Crippen LogP) is 3.20. The largest absolute Gasteiger partial charge is 0.480 e. The van der Waals surface area contributed by atoms with Crippen molar-refractivity contribution >= 4 is 23.4 Å². The van der Waals surface area contributed by atoms with E-state index in [0.29, 0.717) is 11.2 Å². The first-order chi connectivity index (χ1) is 8.47. The molecule has 0 radical (unpaired) electrons. The zero-order chi connectivity index (χ0) is 13.3. The Hall–Kier alpha value is -1.16. The molecule has 4 heteroatoms. The molecule has 0 fully saturated rings. The zero-order valence-electron chi connectivity index (χ0n) is 11.0. The number of hydrogen-bond donors (Lipinski definition) is 1. The molecule has 0 aromatic heterocycles. The van der Waals surface area contributed by atoms with Crippen molar-refractivity contribution in [2.24, 2.45) is 0 Å². The first kappa shape index (κ1) is 13.3. The molecule has 1 aliphatic heterocycles. The molecule has 1 heterocycles. The Morgan fingerprint density at radius 1 is 1.56 bits per heavy atom. The minimum absolute atomic E-state index is 0.0823. The minimum atomic E-state index is -0.770. The molecule has 0 bridgehead atoms. The maximum atomic E-state index is 10.9. The van der Waals surface area contributed by atoms with E-state index in [1.807, 2.05) is 16.7 Å². The van der Waals surface area contributed by atoms with E-state index in [2.05, 4.69) is 39.0 Å². The third-order valence-electron chi connectivity index (χ3n) is 3.12.